The molecule has 2 saturated heterocycles. The van der Waals surface area contributed by atoms with Crippen LogP contribution in [-0.4, -0.2) is 55.7 Å². The van der Waals surface area contributed by atoms with E-state index in [1.807, 2.05) is 23.1 Å². The molecule has 2 aliphatic heterocycles. The van der Waals surface area contributed by atoms with Gasteiger partial charge in [-0.05, 0) is 5.56 Å². The Labute approximate surface area is 119 Å². The van der Waals surface area contributed by atoms with Gasteiger partial charge in [-0.25, -0.2) is 0 Å². The van der Waals surface area contributed by atoms with Gasteiger partial charge in [0.1, 0.15) is 6.10 Å². The summed E-state index contributed by atoms with van der Waals surface area (Å²) in [6, 6.07) is 10.2. The molecule has 108 valence electrons. The molecular formula is C15H21N3O2. The molecular weight excluding hydrogens is 254 g/mol. The first-order chi connectivity index (χ1) is 9.75. The lowest BCUT2D eigenvalue weighted by atomic mass is 9.95. The molecule has 3 rings (SSSR count). The molecule has 0 aliphatic carbocycles. The fraction of sp³-hybridized carbons (Fsp3) is 0.533. The number of hydrogen-bond donors (Lipinski definition) is 2. The zero-order valence-corrected chi connectivity index (χ0v) is 11.5. The predicted molar refractivity (Wildman–Crippen MR) is 76.3 cm³/mol. The van der Waals surface area contributed by atoms with Gasteiger partial charge in [-0.1, -0.05) is 30.3 Å². The summed E-state index contributed by atoms with van der Waals surface area (Å²) in [6.45, 7) is 3.30. The lowest BCUT2D eigenvalue weighted by Crippen LogP contribution is -2.49. The summed E-state index contributed by atoms with van der Waals surface area (Å²) in [6.07, 6.45) is -0.356. The van der Waals surface area contributed by atoms with Crippen LogP contribution in [0.2, 0.25) is 0 Å². The summed E-state index contributed by atoms with van der Waals surface area (Å²) in [5.41, 5.74) is 7.42. The van der Waals surface area contributed by atoms with Gasteiger partial charge in [-0.15, -0.1) is 0 Å². The van der Waals surface area contributed by atoms with E-state index in [1.54, 1.807) is 0 Å². The van der Waals surface area contributed by atoms with Crippen LogP contribution in [0.5, 0.6) is 0 Å². The summed E-state index contributed by atoms with van der Waals surface area (Å²) in [7, 11) is 0. The topological polar surface area (TPSA) is 67.6 Å². The number of likely N-dealkylation sites (tertiary alicyclic amines) is 1. The molecule has 2 fully saturated rings. The molecule has 2 heterocycles. The molecule has 0 aromatic heterocycles. The zero-order valence-electron chi connectivity index (χ0n) is 11.5. The summed E-state index contributed by atoms with van der Waals surface area (Å²) >= 11 is 0. The van der Waals surface area contributed by atoms with Crippen LogP contribution in [0.4, 0.5) is 0 Å². The number of benzene rings is 1. The van der Waals surface area contributed by atoms with Gasteiger partial charge < -0.3 is 20.7 Å². The summed E-state index contributed by atoms with van der Waals surface area (Å²) in [5.74, 6) is 0.280. The molecule has 0 radical (unpaired) electrons. The number of hydrogen-bond acceptors (Lipinski definition) is 4. The number of nitrogens with two attached hydrogens (primary N) is 1. The van der Waals surface area contributed by atoms with Crippen molar-refractivity contribution in [2.45, 2.75) is 18.1 Å². The van der Waals surface area contributed by atoms with Crippen molar-refractivity contribution in [3.8, 4) is 0 Å². The van der Waals surface area contributed by atoms with Crippen LogP contribution in [0.3, 0.4) is 0 Å². The Hall–Kier alpha value is -1.43. The first-order valence-corrected chi connectivity index (χ1v) is 7.17. The molecule has 1 aromatic carbocycles. The van der Waals surface area contributed by atoms with Crippen LogP contribution in [0, 0.1) is 0 Å². The Morgan fingerprint density at radius 2 is 2.10 bits per heavy atom. The molecule has 1 aromatic rings. The minimum absolute atomic E-state index is 0.00194. The second-order valence-corrected chi connectivity index (χ2v) is 5.49. The highest BCUT2D eigenvalue weighted by Crippen LogP contribution is 2.27. The highest BCUT2D eigenvalue weighted by Gasteiger charge is 2.37. The molecule has 2 aliphatic rings. The smallest absolute Gasteiger partial charge is 0.253 e. The van der Waals surface area contributed by atoms with Crippen molar-refractivity contribution < 1.29 is 9.53 Å². The largest absolute Gasteiger partial charge is 0.366 e. The van der Waals surface area contributed by atoms with Gasteiger partial charge in [0.05, 0.1) is 6.61 Å². The zero-order chi connectivity index (χ0) is 13.9. The molecule has 5 nitrogen and oxygen atoms in total. The minimum atomic E-state index is -0.356. The second-order valence-electron chi connectivity index (χ2n) is 5.49. The third-order valence-electron chi connectivity index (χ3n) is 4.11. The first kappa shape index (κ1) is 13.5. The molecule has 1 amide bonds. The van der Waals surface area contributed by atoms with Gasteiger partial charge in [0.15, 0.2) is 0 Å². The van der Waals surface area contributed by atoms with E-state index in [-0.39, 0.29) is 24.0 Å². The quantitative estimate of drug-likeness (QED) is 0.793. The SMILES string of the molecule is N[C@@H]1CN(C(=O)[C@@H]2CNCCO2)C[C@H]1c1ccccc1. The summed E-state index contributed by atoms with van der Waals surface area (Å²) < 4.78 is 5.53. The molecule has 3 atom stereocenters. The number of nitrogens with one attached hydrogen (secondary N) is 1. The van der Waals surface area contributed by atoms with E-state index in [9.17, 15) is 4.79 Å². The average Bonchev–Trinajstić information content (AvgIpc) is 2.90. The lowest BCUT2D eigenvalue weighted by Gasteiger charge is -2.27. The van der Waals surface area contributed by atoms with Crippen molar-refractivity contribution in [2.24, 2.45) is 5.73 Å². The minimum Gasteiger partial charge on any atom is -0.366 e. The molecule has 0 bridgehead atoms. The molecule has 20 heavy (non-hydrogen) atoms. The molecule has 3 N–H and O–H groups in total. The third kappa shape index (κ3) is 2.70. The Morgan fingerprint density at radius 1 is 1.30 bits per heavy atom. The number of nitrogens with zero attached hydrogens (tertiary/aromatic N) is 1. The van der Waals surface area contributed by atoms with Crippen molar-refractivity contribution in [2.75, 3.05) is 32.8 Å². The Morgan fingerprint density at radius 3 is 2.80 bits per heavy atom. The van der Waals surface area contributed by atoms with Crippen LogP contribution in [-0.2, 0) is 9.53 Å². The number of morpholine rings is 1. The summed E-state index contributed by atoms with van der Waals surface area (Å²) in [5, 5.41) is 3.19. The van der Waals surface area contributed by atoms with Crippen molar-refractivity contribution in [1.82, 2.24) is 10.2 Å². The lowest BCUT2D eigenvalue weighted by molar-refractivity contribution is -0.144. The maximum absolute atomic E-state index is 12.4. The third-order valence-corrected chi connectivity index (χ3v) is 4.11. The van der Waals surface area contributed by atoms with Gasteiger partial charge in [-0.2, -0.15) is 0 Å². The van der Waals surface area contributed by atoms with Crippen LogP contribution < -0.4 is 11.1 Å². The highest BCUT2D eigenvalue weighted by molar-refractivity contribution is 5.81. The van der Waals surface area contributed by atoms with Crippen molar-refractivity contribution >= 4 is 5.91 Å². The van der Waals surface area contributed by atoms with E-state index >= 15 is 0 Å². The normalized spacial score (nSPS) is 30.4. The van der Waals surface area contributed by atoms with Gasteiger partial charge in [0, 0.05) is 38.1 Å². The maximum atomic E-state index is 12.4. The Kier molecular flexibility index (Phi) is 4.00. The number of amides is 1. The van der Waals surface area contributed by atoms with Gasteiger partial charge >= 0.3 is 0 Å². The van der Waals surface area contributed by atoms with Crippen molar-refractivity contribution in [3.05, 3.63) is 35.9 Å². The van der Waals surface area contributed by atoms with Gasteiger partial charge in [-0.3, -0.25) is 4.79 Å². The predicted octanol–water partition coefficient (Wildman–Crippen LogP) is -0.0719. The fourth-order valence-electron chi connectivity index (χ4n) is 2.99. The number of rotatable bonds is 2. The fourth-order valence-corrected chi connectivity index (χ4v) is 2.99. The number of carbonyl (C=O) groups is 1. The highest BCUT2D eigenvalue weighted by atomic mass is 16.5. The van der Waals surface area contributed by atoms with E-state index in [0.29, 0.717) is 26.2 Å². The van der Waals surface area contributed by atoms with Crippen LogP contribution in [0.15, 0.2) is 30.3 Å². The molecule has 0 saturated carbocycles. The monoisotopic (exact) mass is 275 g/mol. The molecule has 5 heteroatoms. The van der Waals surface area contributed by atoms with Crippen LogP contribution in [0.1, 0.15) is 11.5 Å². The standard InChI is InChI=1S/C15H21N3O2/c16-13-10-18(15(19)14-8-17-6-7-20-14)9-12(13)11-4-2-1-3-5-11/h1-5,12-14,17H,6-10,16H2/t12-,13+,14-/m0/s1. The van der Waals surface area contributed by atoms with E-state index in [2.05, 4.69) is 17.4 Å². The number of ether oxygens (including phenoxy) is 1. The van der Waals surface area contributed by atoms with Crippen molar-refractivity contribution in [1.29, 1.82) is 0 Å². The second kappa shape index (κ2) is 5.91. The van der Waals surface area contributed by atoms with Crippen LogP contribution >= 0.6 is 0 Å². The Bertz CT molecular complexity index is 459. The summed E-state index contributed by atoms with van der Waals surface area (Å²) in [4.78, 5) is 14.3. The maximum Gasteiger partial charge on any atom is 0.253 e. The van der Waals surface area contributed by atoms with E-state index in [1.165, 1.54) is 5.56 Å². The van der Waals surface area contributed by atoms with E-state index in [0.717, 1.165) is 6.54 Å². The Balaban J connectivity index is 1.67. The van der Waals surface area contributed by atoms with Gasteiger partial charge in [0.2, 0.25) is 0 Å². The van der Waals surface area contributed by atoms with Gasteiger partial charge in [0.25, 0.3) is 5.91 Å². The molecule has 0 spiro atoms. The van der Waals surface area contributed by atoms with E-state index < -0.39 is 0 Å². The van der Waals surface area contributed by atoms with Crippen molar-refractivity contribution in [3.63, 3.8) is 0 Å². The van der Waals surface area contributed by atoms with Crippen LogP contribution in [0.25, 0.3) is 0 Å². The van der Waals surface area contributed by atoms with E-state index in [4.69, 9.17) is 10.5 Å². The molecule has 0 unspecified atom stereocenters. The average molecular weight is 275 g/mol. The first-order valence-electron chi connectivity index (χ1n) is 7.17. The number of carbonyl (C=O) groups excluding carboxylic acids is 1.